The van der Waals surface area contributed by atoms with E-state index >= 15 is 0 Å². The molecule has 0 amide bonds. The Hall–Kier alpha value is -4.44. The molecule has 2 aromatic heterocycles. The molecule has 0 aliphatic carbocycles. The number of aromatic carboxylic acids is 1. The zero-order valence-corrected chi connectivity index (χ0v) is 29.5. The smallest absolute Gasteiger partial charge is 0.478 e. The van der Waals surface area contributed by atoms with Gasteiger partial charge in [0.15, 0.2) is 0 Å². The lowest BCUT2D eigenvalue weighted by molar-refractivity contribution is 0.00864. The fourth-order valence-electron chi connectivity index (χ4n) is 5.78. The van der Waals surface area contributed by atoms with E-state index < -0.39 is 29.5 Å². The van der Waals surface area contributed by atoms with E-state index in [-0.39, 0.29) is 32.4 Å². The molecule has 0 saturated carbocycles. The third-order valence-electron chi connectivity index (χ3n) is 8.33. The van der Waals surface area contributed by atoms with Crippen LogP contribution in [0.15, 0.2) is 119 Å². The summed E-state index contributed by atoms with van der Waals surface area (Å²) in [6, 6.07) is 25.5. The van der Waals surface area contributed by atoms with Gasteiger partial charge in [-0.2, -0.15) is 0 Å². The lowest BCUT2D eigenvalue weighted by atomic mass is 9.80. The summed E-state index contributed by atoms with van der Waals surface area (Å²) in [4.78, 5) is 14.7. The van der Waals surface area contributed by atoms with Crippen molar-refractivity contribution < 1.29 is 41.9 Å². The molecule has 4 aromatic carbocycles. The number of alkyl halides is 2. The summed E-state index contributed by atoms with van der Waals surface area (Å²) < 4.78 is 62.5. The van der Waals surface area contributed by atoms with Crippen molar-refractivity contribution in [1.29, 1.82) is 0 Å². The van der Waals surface area contributed by atoms with Gasteiger partial charge in [-0.15, -0.1) is 0 Å². The van der Waals surface area contributed by atoms with Crippen molar-refractivity contribution in [3.05, 3.63) is 136 Å². The predicted molar refractivity (Wildman–Crippen MR) is 194 cm³/mol. The van der Waals surface area contributed by atoms with Gasteiger partial charge in [0, 0.05) is 55.3 Å². The average Bonchev–Trinajstić information content (AvgIpc) is 3.44. The molecule has 1 aliphatic heterocycles. The number of pyridine rings is 1. The molecule has 0 radical (unpaired) electrons. The quantitative estimate of drug-likeness (QED) is 0.138. The Morgan fingerprint density at radius 2 is 1.71 bits per heavy atom. The lowest BCUT2D eigenvalue weighted by Gasteiger charge is -2.28. The van der Waals surface area contributed by atoms with Crippen molar-refractivity contribution in [1.82, 2.24) is 8.96 Å². The van der Waals surface area contributed by atoms with Crippen LogP contribution in [0, 0.1) is 0 Å². The van der Waals surface area contributed by atoms with Crippen molar-refractivity contribution in [3.8, 4) is 22.4 Å². The fraction of sp³-hybridized carbons (Fsp3) is 0.111. The molecule has 7 rings (SSSR count). The van der Waals surface area contributed by atoms with Gasteiger partial charge in [0.05, 0.1) is 34.9 Å². The third kappa shape index (κ3) is 7.34. The van der Waals surface area contributed by atoms with E-state index in [0.29, 0.717) is 35.4 Å². The van der Waals surface area contributed by atoms with Crippen LogP contribution in [0.3, 0.4) is 0 Å². The molecule has 3 heterocycles. The van der Waals surface area contributed by atoms with E-state index in [4.69, 9.17) is 31.5 Å². The first-order valence-corrected chi connectivity index (χ1v) is 17.9. The minimum absolute atomic E-state index is 0.00870. The molecule has 1 aliphatic rings. The molecule has 51 heavy (non-hydrogen) atoms. The summed E-state index contributed by atoms with van der Waals surface area (Å²) >= 11 is 9.11. The van der Waals surface area contributed by atoms with Crippen molar-refractivity contribution in [2.45, 2.75) is 17.2 Å². The molecular formula is C36H27BBrClF2N2O7S. The lowest BCUT2D eigenvalue weighted by Crippen LogP contribution is -2.30. The summed E-state index contributed by atoms with van der Waals surface area (Å²) in [5.74, 6) is -0.920. The van der Waals surface area contributed by atoms with Crippen molar-refractivity contribution in [2.24, 2.45) is 0 Å². The van der Waals surface area contributed by atoms with Crippen molar-refractivity contribution in [2.75, 3.05) is 13.2 Å². The number of carboxylic acid groups (broad SMARTS) is 1. The second kappa shape index (κ2) is 15.0. The third-order valence-corrected chi connectivity index (χ3v) is 10.9. The number of ether oxygens (including phenoxy) is 1. The fourth-order valence-corrected chi connectivity index (χ4v) is 8.01. The number of halogens is 4. The number of hydrogen-bond donors (Lipinski definition) is 3. The van der Waals surface area contributed by atoms with Gasteiger partial charge in [0.25, 0.3) is 16.4 Å². The Kier molecular flexibility index (Phi) is 10.7. The predicted octanol–water partition coefficient (Wildman–Crippen LogP) is 7.14. The number of nitrogens with zero attached hydrogens (tertiary/aromatic N) is 2. The number of benzene rings is 4. The molecule has 6 aromatic rings. The van der Waals surface area contributed by atoms with Crippen LogP contribution >= 0.6 is 27.5 Å². The summed E-state index contributed by atoms with van der Waals surface area (Å²) in [5, 5.41) is 26.8. The number of carbonyl (C=O) groups is 1. The van der Waals surface area contributed by atoms with Gasteiger partial charge in [0.1, 0.15) is 0 Å². The summed E-state index contributed by atoms with van der Waals surface area (Å²) in [6.07, 6.45) is 0.529. The van der Waals surface area contributed by atoms with Gasteiger partial charge in [0.2, 0.25) is 0 Å². The number of aromatic nitrogens is 2. The number of hydrogen-bond acceptors (Lipinski definition) is 7. The number of fused-ring (bicyclic) bond motifs is 1. The van der Waals surface area contributed by atoms with Crippen LogP contribution in [-0.2, 0) is 14.8 Å². The molecule has 3 N–H and O–H groups in total. The second-order valence-electron chi connectivity index (χ2n) is 11.5. The van der Waals surface area contributed by atoms with Gasteiger partial charge >= 0.3 is 13.1 Å². The number of rotatable bonds is 8. The van der Waals surface area contributed by atoms with Crippen LogP contribution in [0.1, 0.15) is 33.8 Å². The standard InChI is InChI=1S/C29H21BrF2N2O3S.C7H6BClO4/c30-21-5-3-4-19(14-21)28-27(24-7-2-1-6-23(24)20-16-37-17-20)25-15-33-13-12-26(25)34(28)38(35,36)22-10-8-18(9-11-22)29(31)32;9-6-3-4(7(10)11)1-2-5(6)8(12)13/h1-15,20,29H,16-17H2;1-3,12-13H,(H,10,11). The van der Waals surface area contributed by atoms with Crippen LogP contribution in [0.4, 0.5) is 8.78 Å². The first-order chi connectivity index (χ1) is 24.4. The van der Waals surface area contributed by atoms with Crippen LogP contribution in [0.2, 0.25) is 5.02 Å². The Balaban J connectivity index is 0.000000292. The highest BCUT2D eigenvalue weighted by Crippen LogP contribution is 2.46. The van der Waals surface area contributed by atoms with Gasteiger partial charge < -0.3 is 19.9 Å². The first kappa shape index (κ1) is 36.4. The molecule has 0 bridgehead atoms. The second-order valence-corrected chi connectivity index (χ2v) is 14.6. The Labute approximate surface area is 305 Å². The summed E-state index contributed by atoms with van der Waals surface area (Å²) in [5.41, 5.74) is 4.16. The molecule has 1 fully saturated rings. The zero-order chi connectivity index (χ0) is 36.4. The van der Waals surface area contributed by atoms with Crippen LogP contribution in [0.5, 0.6) is 0 Å². The maximum Gasteiger partial charge on any atom is 0.489 e. The average molecular weight is 796 g/mol. The number of carboxylic acids is 1. The van der Waals surface area contributed by atoms with Gasteiger partial charge in [-0.3, -0.25) is 4.98 Å². The zero-order valence-electron chi connectivity index (χ0n) is 26.3. The van der Waals surface area contributed by atoms with Gasteiger partial charge in [-0.1, -0.05) is 82.1 Å². The maximum absolute atomic E-state index is 14.3. The van der Waals surface area contributed by atoms with Crippen LogP contribution in [0.25, 0.3) is 33.3 Å². The van der Waals surface area contributed by atoms with Crippen molar-refractivity contribution >= 4 is 67.0 Å². The topological polar surface area (TPSA) is 139 Å². The molecule has 9 nitrogen and oxygen atoms in total. The van der Waals surface area contributed by atoms with Crippen LogP contribution < -0.4 is 5.46 Å². The van der Waals surface area contributed by atoms with Crippen LogP contribution in [-0.4, -0.2) is 58.8 Å². The molecule has 260 valence electrons. The SMILES string of the molecule is O=C(O)c1ccc(B(O)O)c(Cl)c1.O=S(=O)(c1ccc(C(F)F)cc1)n1c(-c2cccc(Br)c2)c(-c2ccccc2C2COC2)c2cnccc21. The van der Waals surface area contributed by atoms with E-state index in [9.17, 15) is 22.0 Å². The summed E-state index contributed by atoms with van der Waals surface area (Å²) in [6.45, 7) is 1.18. The first-order valence-electron chi connectivity index (χ1n) is 15.3. The van der Waals surface area contributed by atoms with E-state index in [0.717, 1.165) is 33.3 Å². The largest absolute Gasteiger partial charge is 0.489 e. The molecule has 1 saturated heterocycles. The van der Waals surface area contributed by atoms with E-state index in [1.165, 1.54) is 34.3 Å². The summed E-state index contributed by atoms with van der Waals surface area (Å²) in [7, 11) is -5.89. The Morgan fingerprint density at radius 3 is 2.31 bits per heavy atom. The Morgan fingerprint density at radius 1 is 0.980 bits per heavy atom. The minimum Gasteiger partial charge on any atom is -0.478 e. The minimum atomic E-state index is -4.21. The van der Waals surface area contributed by atoms with E-state index in [2.05, 4.69) is 20.9 Å². The molecule has 0 spiro atoms. The van der Waals surface area contributed by atoms with Gasteiger partial charge in [-0.05, 0) is 53.6 Å². The highest BCUT2D eigenvalue weighted by molar-refractivity contribution is 9.10. The van der Waals surface area contributed by atoms with E-state index in [1.54, 1.807) is 18.5 Å². The highest BCUT2D eigenvalue weighted by atomic mass is 79.9. The monoisotopic (exact) mass is 794 g/mol. The molecule has 0 atom stereocenters. The van der Waals surface area contributed by atoms with Crippen molar-refractivity contribution in [3.63, 3.8) is 0 Å². The molecule has 0 unspecified atom stereocenters. The maximum atomic E-state index is 14.3. The van der Waals surface area contributed by atoms with Gasteiger partial charge in [-0.25, -0.2) is 26.0 Å². The molecular weight excluding hydrogens is 769 g/mol. The highest BCUT2D eigenvalue weighted by Gasteiger charge is 2.32. The van der Waals surface area contributed by atoms with E-state index in [1.807, 2.05) is 48.5 Å². The Bertz CT molecular complexity index is 2350. The molecule has 15 heteroatoms. The normalized spacial score (nSPS) is 13.1.